The molecule has 0 fully saturated rings. The second kappa shape index (κ2) is 3.80. The average molecular weight is 195 g/mol. The first kappa shape index (κ1) is 8.64. The van der Waals surface area contributed by atoms with Crippen molar-refractivity contribution in [1.82, 2.24) is 16.1 Å². The first-order valence-corrected chi connectivity index (χ1v) is 3.89. The smallest absolute Gasteiger partial charge is 0.171 e. The van der Waals surface area contributed by atoms with E-state index in [0.717, 1.165) is 6.54 Å². The molecule has 1 rings (SSSR count). The van der Waals surface area contributed by atoms with Crippen LogP contribution in [-0.2, 0) is 0 Å². The van der Waals surface area contributed by atoms with Gasteiger partial charge < -0.3 is 0 Å². The lowest BCUT2D eigenvalue weighted by molar-refractivity contribution is 0.192. The Bertz CT molecular complexity index is 201. The standard InChI is InChI=1S/C5H8Cl2N4/c1-2-8-11-3-4(6)5(7)9-10-11/h3,8,10H,2H2,1H3. The van der Waals surface area contributed by atoms with Gasteiger partial charge in [0.05, 0.1) is 11.2 Å². The molecule has 0 saturated heterocycles. The van der Waals surface area contributed by atoms with Crippen LogP contribution in [0.2, 0.25) is 0 Å². The lowest BCUT2D eigenvalue weighted by Gasteiger charge is -2.22. The lowest BCUT2D eigenvalue weighted by Crippen LogP contribution is -2.43. The van der Waals surface area contributed by atoms with Crippen LogP contribution in [0.3, 0.4) is 0 Å². The molecule has 2 N–H and O–H groups in total. The van der Waals surface area contributed by atoms with Gasteiger partial charge in [0.1, 0.15) is 0 Å². The molecule has 1 heterocycles. The molecule has 0 aliphatic carbocycles. The monoisotopic (exact) mass is 194 g/mol. The van der Waals surface area contributed by atoms with Crippen molar-refractivity contribution in [2.24, 2.45) is 5.10 Å². The molecule has 1 aliphatic heterocycles. The predicted molar refractivity (Wildman–Crippen MR) is 45.9 cm³/mol. The Labute approximate surface area is 74.8 Å². The molecule has 0 spiro atoms. The van der Waals surface area contributed by atoms with E-state index in [1.165, 1.54) is 5.12 Å². The number of rotatable bonds is 2. The second-order valence-corrected chi connectivity index (χ2v) is 2.63. The first-order chi connectivity index (χ1) is 5.24. The summed E-state index contributed by atoms with van der Waals surface area (Å²) in [5.41, 5.74) is 5.55. The molecule has 0 atom stereocenters. The highest BCUT2D eigenvalue weighted by Crippen LogP contribution is 2.10. The molecule has 0 aromatic heterocycles. The number of hydrogen-bond acceptors (Lipinski definition) is 4. The maximum Gasteiger partial charge on any atom is 0.171 e. The number of hydrazone groups is 1. The van der Waals surface area contributed by atoms with Crippen molar-refractivity contribution >= 4 is 28.4 Å². The maximum absolute atomic E-state index is 5.67. The third-order valence-corrected chi connectivity index (χ3v) is 1.69. The highest BCUT2D eigenvalue weighted by molar-refractivity contribution is 6.75. The summed E-state index contributed by atoms with van der Waals surface area (Å²) in [6, 6.07) is 0. The number of nitrogens with zero attached hydrogens (tertiary/aromatic N) is 2. The number of halogens is 2. The van der Waals surface area contributed by atoms with Gasteiger partial charge in [0, 0.05) is 6.54 Å². The Morgan fingerprint density at radius 1 is 1.73 bits per heavy atom. The van der Waals surface area contributed by atoms with Gasteiger partial charge in [-0.15, -0.1) is 5.10 Å². The number of nitrogens with one attached hydrogen (secondary N) is 2. The van der Waals surface area contributed by atoms with Crippen LogP contribution in [0, 0.1) is 0 Å². The Hall–Kier alpha value is -0.450. The fourth-order valence-corrected chi connectivity index (χ4v) is 0.824. The summed E-state index contributed by atoms with van der Waals surface area (Å²) in [7, 11) is 0. The van der Waals surface area contributed by atoms with Crippen LogP contribution in [0.1, 0.15) is 6.92 Å². The van der Waals surface area contributed by atoms with Gasteiger partial charge in [-0.05, 0) is 0 Å². The molecule has 62 valence electrons. The molecule has 0 aromatic rings. The van der Waals surface area contributed by atoms with E-state index in [4.69, 9.17) is 23.2 Å². The highest BCUT2D eigenvalue weighted by atomic mass is 35.5. The fourth-order valence-electron chi connectivity index (χ4n) is 0.598. The first-order valence-electron chi connectivity index (χ1n) is 3.13. The molecule has 1 aliphatic rings. The summed E-state index contributed by atoms with van der Waals surface area (Å²) in [6.45, 7) is 2.74. The van der Waals surface area contributed by atoms with Crippen LogP contribution >= 0.6 is 23.2 Å². The molecule has 6 heteroatoms. The number of hydrazine groups is 2. The van der Waals surface area contributed by atoms with Gasteiger partial charge in [-0.25, -0.2) is 16.1 Å². The minimum Gasteiger partial charge on any atom is -0.214 e. The Morgan fingerprint density at radius 3 is 3.00 bits per heavy atom. The van der Waals surface area contributed by atoms with E-state index in [1.807, 2.05) is 6.92 Å². The van der Waals surface area contributed by atoms with Gasteiger partial charge in [-0.1, -0.05) is 30.1 Å². The quantitative estimate of drug-likeness (QED) is 0.689. The maximum atomic E-state index is 5.67. The van der Waals surface area contributed by atoms with Crippen LogP contribution in [0.15, 0.2) is 16.3 Å². The Morgan fingerprint density at radius 2 is 2.45 bits per heavy atom. The van der Waals surface area contributed by atoms with E-state index in [0.29, 0.717) is 5.03 Å². The van der Waals surface area contributed by atoms with Crippen molar-refractivity contribution in [2.75, 3.05) is 6.54 Å². The topological polar surface area (TPSA) is 39.7 Å². The van der Waals surface area contributed by atoms with Gasteiger partial charge in [-0.2, -0.15) is 0 Å². The molecule has 0 saturated carbocycles. The minimum absolute atomic E-state index is 0.265. The zero-order valence-electron chi connectivity index (χ0n) is 5.93. The van der Waals surface area contributed by atoms with Crippen molar-refractivity contribution in [3.05, 3.63) is 11.2 Å². The molecule has 4 nitrogen and oxygen atoms in total. The van der Waals surface area contributed by atoms with Gasteiger partial charge in [0.2, 0.25) is 0 Å². The average Bonchev–Trinajstić information content (AvgIpc) is 1.98. The Balaban J connectivity index is 2.54. The molecular weight excluding hydrogens is 187 g/mol. The van der Waals surface area contributed by atoms with Gasteiger partial charge in [-0.3, -0.25) is 0 Å². The van der Waals surface area contributed by atoms with Gasteiger partial charge in [0.15, 0.2) is 5.17 Å². The zero-order chi connectivity index (χ0) is 8.27. The molecular formula is C5H8Cl2N4. The van der Waals surface area contributed by atoms with E-state index >= 15 is 0 Å². The van der Waals surface area contributed by atoms with E-state index in [1.54, 1.807) is 6.20 Å². The third kappa shape index (κ3) is 2.25. The van der Waals surface area contributed by atoms with E-state index in [9.17, 15) is 0 Å². The summed E-state index contributed by atoms with van der Waals surface area (Å²) < 4.78 is 0. The summed E-state index contributed by atoms with van der Waals surface area (Å²) in [5.74, 6) is 0. The van der Waals surface area contributed by atoms with Crippen molar-refractivity contribution in [3.8, 4) is 0 Å². The highest BCUT2D eigenvalue weighted by Gasteiger charge is 2.08. The zero-order valence-corrected chi connectivity index (χ0v) is 7.45. The normalized spacial score (nSPS) is 17.2. The molecule has 0 bridgehead atoms. The van der Waals surface area contributed by atoms with Crippen molar-refractivity contribution in [3.63, 3.8) is 0 Å². The summed E-state index contributed by atoms with van der Waals surface area (Å²) in [6.07, 6.45) is 1.61. The van der Waals surface area contributed by atoms with Crippen molar-refractivity contribution < 1.29 is 0 Å². The van der Waals surface area contributed by atoms with Crippen LogP contribution in [-0.4, -0.2) is 16.8 Å². The molecule has 11 heavy (non-hydrogen) atoms. The molecule has 0 aromatic carbocycles. The van der Waals surface area contributed by atoms with Crippen molar-refractivity contribution in [2.45, 2.75) is 6.92 Å². The fraction of sp³-hybridized carbons (Fsp3) is 0.400. The minimum atomic E-state index is 0.265. The van der Waals surface area contributed by atoms with E-state index < -0.39 is 0 Å². The van der Waals surface area contributed by atoms with Crippen LogP contribution in [0.5, 0.6) is 0 Å². The summed E-state index contributed by atoms with van der Waals surface area (Å²) >= 11 is 11.2. The number of hydrogen-bond donors (Lipinski definition) is 2. The van der Waals surface area contributed by atoms with E-state index in [-0.39, 0.29) is 5.17 Å². The van der Waals surface area contributed by atoms with Gasteiger partial charge >= 0.3 is 0 Å². The summed E-state index contributed by atoms with van der Waals surface area (Å²) in [5, 5.41) is 5.92. The number of allylic oxidation sites excluding steroid dienone is 1. The molecule has 0 unspecified atom stereocenters. The summed E-state index contributed by atoms with van der Waals surface area (Å²) in [4.78, 5) is 0. The Kier molecular flexibility index (Phi) is 2.99. The van der Waals surface area contributed by atoms with Gasteiger partial charge in [0.25, 0.3) is 0 Å². The predicted octanol–water partition coefficient (Wildman–Crippen LogP) is 0.964. The van der Waals surface area contributed by atoms with Crippen LogP contribution < -0.4 is 11.0 Å². The SMILES string of the molecule is CCNN1C=C(Cl)C(Cl)=NN1. The van der Waals surface area contributed by atoms with E-state index in [2.05, 4.69) is 16.1 Å². The third-order valence-electron chi connectivity index (χ3n) is 1.02. The largest absolute Gasteiger partial charge is 0.214 e. The van der Waals surface area contributed by atoms with Crippen molar-refractivity contribution in [1.29, 1.82) is 0 Å². The van der Waals surface area contributed by atoms with Crippen LogP contribution in [0.4, 0.5) is 0 Å². The molecule has 0 amide bonds. The second-order valence-electron chi connectivity index (χ2n) is 1.86. The van der Waals surface area contributed by atoms with Crippen LogP contribution in [0.25, 0.3) is 0 Å². The molecule has 0 radical (unpaired) electrons. The lowest BCUT2D eigenvalue weighted by atomic mass is 10.6.